The molecule has 0 aromatic heterocycles. The van der Waals surface area contributed by atoms with Gasteiger partial charge in [-0.15, -0.1) is 0 Å². The van der Waals surface area contributed by atoms with E-state index < -0.39 is 21.1 Å². The predicted octanol–water partition coefficient (Wildman–Crippen LogP) is 3.49. The van der Waals surface area contributed by atoms with Gasteiger partial charge in [-0.1, -0.05) is 0 Å². The van der Waals surface area contributed by atoms with Crippen LogP contribution in [0.4, 0.5) is 0 Å². The topological polar surface area (TPSA) is 9.72 Å². The Morgan fingerprint density at radius 2 is 1.48 bits per heavy atom. The fraction of sp³-hybridized carbons (Fsp3) is 0.500. The predicted molar refractivity (Wildman–Crippen MR) is 91.6 cm³/mol. The van der Waals surface area contributed by atoms with Gasteiger partial charge < -0.3 is 0 Å². The standard InChI is InChI=1S/C10H8Br.3C2H6N.Zr/c1-7-5-8-3-2-4-10(11)9(8)6-7;3*1-3-2;/h2-6H,1H3;3*1-2H3;/q;3*-1;+3. The molecule has 0 N–H and O–H groups in total. The van der Waals surface area contributed by atoms with Crippen molar-refractivity contribution < 1.29 is 21.1 Å². The molecule has 0 saturated carbocycles. The van der Waals surface area contributed by atoms with E-state index in [1.165, 1.54) is 21.2 Å². The number of rotatable bonds is 4. The van der Waals surface area contributed by atoms with Gasteiger partial charge in [0.2, 0.25) is 0 Å². The Morgan fingerprint density at radius 3 is 1.95 bits per heavy atom. The average Bonchev–Trinajstić information content (AvgIpc) is 2.68. The van der Waals surface area contributed by atoms with Crippen LogP contribution in [0.2, 0.25) is 0 Å². The van der Waals surface area contributed by atoms with Gasteiger partial charge in [-0.3, -0.25) is 0 Å². The zero-order valence-electron chi connectivity index (χ0n) is 14.1. The van der Waals surface area contributed by atoms with Gasteiger partial charge in [0.25, 0.3) is 0 Å². The van der Waals surface area contributed by atoms with Crippen molar-refractivity contribution in [3.05, 3.63) is 39.4 Å². The summed E-state index contributed by atoms with van der Waals surface area (Å²) in [5.74, 6) is 0. The minimum absolute atomic E-state index is 0.520. The van der Waals surface area contributed by atoms with Crippen molar-refractivity contribution in [2.45, 2.75) is 10.5 Å². The summed E-state index contributed by atoms with van der Waals surface area (Å²) >= 11 is 0.766. The molecule has 1 unspecified atom stereocenters. The molecule has 116 valence electrons. The number of benzene rings is 1. The fourth-order valence-corrected chi connectivity index (χ4v) is 17.6. The molecule has 0 spiro atoms. The summed E-state index contributed by atoms with van der Waals surface area (Å²) in [7, 11) is 13.5. The van der Waals surface area contributed by atoms with Crippen LogP contribution in [0.1, 0.15) is 21.7 Å². The van der Waals surface area contributed by atoms with Crippen molar-refractivity contribution in [2.24, 2.45) is 0 Å². The molecule has 1 aromatic rings. The maximum absolute atomic E-state index is 3.72. The SMILES string of the molecule is CC1=Cc2c(Br)cccc2[CH]1[Zr]([N](C)C)([N](C)C)[N](C)C. The number of halogens is 1. The van der Waals surface area contributed by atoms with Crippen LogP contribution in [-0.4, -0.2) is 50.8 Å². The monoisotopic (exact) mass is 429 g/mol. The average molecular weight is 432 g/mol. The summed E-state index contributed by atoms with van der Waals surface area (Å²) in [4.78, 5) is 0. The van der Waals surface area contributed by atoms with Crippen molar-refractivity contribution >= 4 is 22.0 Å². The molecule has 0 saturated heterocycles. The first kappa shape index (κ1) is 17.6. The van der Waals surface area contributed by atoms with Gasteiger partial charge in [0.15, 0.2) is 0 Å². The van der Waals surface area contributed by atoms with E-state index >= 15 is 0 Å². The quantitative estimate of drug-likeness (QED) is 0.723. The Hall–Kier alpha value is 0.203. The molecule has 1 aliphatic rings. The summed E-state index contributed by atoms with van der Waals surface area (Å²) in [6.45, 7) is 2.29. The number of nitrogens with zero attached hydrogens (tertiary/aromatic N) is 3. The van der Waals surface area contributed by atoms with E-state index in [0.29, 0.717) is 3.63 Å². The molecule has 3 nitrogen and oxygen atoms in total. The molecule has 0 radical (unpaired) electrons. The molecule has 1 aliphatic carbocycles. The van der Waals surface area contributed by atoms with Crippen LogP contribution in [0, 0.1) is 0 Å². The van der Waals surface area contributed by atoms with Gasteiger partial charge >= 0.3 is 144 Å². The van der Waals surface area contributed by atoms with Crippen LogP contribution in [0.3, 0.4) is 0 Å². The van der Waals surface area contributed by atoms with E-state index in [4.69, 9.17) is 0 Å². The second-order valence-corrected chi connectivity index (χ2v) is 18.7. The summed E-state index contributed by atoms with van der Waals surface area (Å²) in [6.07, 6.45) is 2.37. The number of hydrogen-bond acceptors (Lipinski definition) is 3. The van der Waals surface area contributed by atoms with E-state index in [9.17, 15) is 0 Å². The van der Waals surface area contributed by atoms with Crippen LogP contribution in [0.5, 0.6) is 0 Å². The van der Waals surface area contributed by atoms with E-state index in [1.807, 2.05) is 0 Å². The van der Waals surface area contributed by atoms with E-state index in [1.54, 1.807) is 0 Å². The van der Waals surface area contributed by atoms with Crippen molar-refractivity contribution in [2.75, 3.05) is 42.3 Å². The Kier molecular flexibility index (Phi) is 5.32. The van der Waals surface area contributed by atoms with Gasteiger partial charge in [0.1, 0.15) is 0 Å². The van der Waals surface area contributed by atoms with E-state index in [0.717, 1.165) is 0 Å². The Bertz CT molecular complexity index is 545. The number of fused-ring (bicyclic) bond motifs is 1. The summed E-state index contributed by atoms with van der Waals surface area (Å²) in [5, 5.41) is 0. The molecule has 1 aromatic carbocycles. The molecule has 5 heteroatoms. The molecule has 1 atom stereocenters. The Morgan fingerprint density at radius 1 is 0.952 bits per heavy atom. The summed E-state index contributed by atoms with van der Waals surface area (Å²) in [5.41, 5.74) is 4.34. The molecular formula is C16H26BrN3Zr. The molecule has 21 heavy (non-hydrogen) atoms. The third-order valence-electron chi connectivity index (χ3n) is 4.59. The first-order chi connectivity index (χ1) is 9.74. The molecule has 0 heterocycles. The summed E-state index contributed by atoms with van der Waals surface area (Å²) < 4.78 is 9.29. The van der Waals surface area contributed by atoms with Gasteiger partial charge in [-0.25, -0.2) is 0 Å². The van der Waals surface area contributed by atoms with Crippen molar-refractivity contribution in [1.82, 2.24) is 8.53 Å². The molecule has 0 bridgehead atoms. The van der Waals surface area contributed by atoms with Crippen LogP contribution >= 0.6 is 15.9 Å². The molecule has 2 rings (SSSR count). The van der Waals surface area contributed by atoms with Crippen molar-refractivity contribution in [1.29, 1.82) is 0 Å². The number of hydrogen-bond donors (Lipinski definition) is 0. The number of allylic oxidation sites excluding steroid dienone is 1. The summed E-state index contributed by atoms with van der Waals surface area (Å²) in [6, 6.07) is 6.61. The second kappa shape index (κ2) is 6.37. The van der Waals surface area contributed by atoms with Crippen LogP contribution in [-0.2, 0) is 21.1 Å². The van der Waals surface area contributed by atoms with Crippen LogP contribution in [0.25, 0.3) is 6.08 Å². The fourth-order valence-electron chi connectivity index (χ4n) is 4.00. The third-order valence-corrected chi connectivity index (χ3v) is 18.8. The van der Waals surface area contributed by atoms with Gasteiger partial charge in [0, 0.05) is 0 Å². The van der Waals surface area contributed by atoms with Gasteiger partial charge in [-0.2, -0.15) is 0 Å². The Labute approximate surface area is 143 Å². The minimum atomic E-state index is -2.95. The maximum atomic E-state index is 3.72. The van der Waals surface area contributed by atoms with Crippen LogP contribution in [0.15, 0.2) is 28.2 Å². The van der Waals surface area contributed by atoms with E-state index in [-0.39, 0.29) is 0 Å². The molecular weight excluding hydrogens is 405 g/mol. The third kappa shape index (κ3) is 2.66. The first-order valence-electron chi connectivity index (χ1n) is 7.23. The molecule has 0 aliphatic heterocycles. The first-order valence-corrected chi connectivity index (χ1v) is 12.7. The van der Waals surface area contributed by atoms with Gasteiger partial charge in [0.05, 0.1) is 0 Å². The van der Waals surface area contributed by atoms with Crippen molar-refractivity contribution in [3.63, 3.8) is 0 Å². The molecule has 0 fully saturated rings. The van der Waals surface area contributed by atoms with Gasteiger partial charge in [-0.05, 0) is 0 Å². The van der Waals surface area contributed by atoms with Crippen molar-refractivity contribution in [3.8, 4) is 0 Å². The second-order valence-electron chi connectivity index (χ2n) is 6.43. The Balaban J connectivity index is 2.69. The zero-order valence-corrected chi connectivity index (χ0v) is 18.2. The van der Waals surface area contributed by atoms with E-state index in [2.05, 4.69) is 97.9 Å². The zero-order chi connectivity index (χ0) is 15.9. The normalized spacial score (nSPS) is 18.6. The van der Waals surface area contributed by atoms with Crippen LogP contribution < -0.4 is 0 Å². The molecule has 0 amide bonds.